The number of nitrogens with two attached hydrogens (primary N) is 1. The molecule has 1 aromatic heterocycles. The first-order valence-corrected chi connectivity index (χ1v) is 7.03. The van der Waals surface area contributed by atoms with Gasteiger partial charge in [-0.1, -0.05) is 19.8 Å². The van der Waals surface area contributed by atoms with Crippen molar-refractivity contribution in [2.45, 2.75) is 39.0 Å². The maximum absolute atomic E-state index is 5.69. The molecule has 1 unspecified atom stereocenters. The predicted octanol–water partition coefficient (Wildman–Crippen LogP) is 1.87. The van der Waals surface area contributed by atoms with Gasteiger partial charge in [-0.05, 0) is 25.2 Å². The normalized spacial score (nSPS) is 20.1. The Morgan fingerprint density at radius 2 is 2.11 bits per heavy atom. The summed E-state index contributed by atoms with van der Waals surface area (Å²) in [5.74, 6) is 1.69. The maximum atomic E-state index is 5.69. The van der Waals surface area contributed by atoms with E-state index in [0.717, 1.165) is 19.0 Å². The van der Waals surface area contributed by atoms with Gasteiger partial charge in [0.25, 0.3) is 0 Å². The molecule has 106 valence electrons. The molecule has 1 aliphatic heterocycles. The molecule has 1 saturated heterocycles. The molecule has 0 radical (unpaired) electrons. The van der Waals surface area contributed by atoms with Crippen LogP contribution in [0.15, 0.2) is 0 Å². The Labute approximate surface area is 114 Å². The summed E-state index contributed by atoms with van der Waals surface area (Å²) in [5.41, 5.74) is 5.69. The number of hydrogen-bond acceptors (Lipinski definition) is 6. The molecule has 0 spiro atoms. The van der Waals surface area contributed by atoms with Crippen molar-refractivity contribution < 1.29 is 4.74 Å². The molecule has 6 nitrogen and oxygen atoms in total. The molecular weight excluding hydrogens is 242 g/mol. The molecule has 2 N–H and O–H groups in total. The van der Waals surface area contributed by atoms with Crippen molar-refractivity contribution in [3.05, 3.63) is 0 Å². The van der Waals surface area contributed by atoms with E-state index in [9.17, 15) is 0 Å². The largest absolute Gasteiger partial charge is 0.467 e. The van der Waals surface area contributed by atoms with Crippen molar-refractivity contribution in [3.8, 4) is 6.01 Å². The van der Waals surface area contributed by atoms with Gasteiger partial charge in [0.05, 0.1) is 7.11 Å². The third-order valence-electron chi connectivity index (χ3n) is 3.63. The molecule has 1 fully saturated rings. The molecule has 2 rings (SSSR count). The molecule has 1 aliphatic rings. The molecule has 19 heavy (non-hydrogen) atoms. The SMILES string of the molecule is CCCC1CCCN(c2nc(N)nc(OC)n2)CC1. The highest BCUT2D eigenvalue weighted by Gasteiger charge is 2.19. The van der Waals surface area contributed by atoms with Gasteiger partial charge < -0.3 is 15.4 Å². The van der Waals surface area contributed by atoms with E-state index in [0.29, 0.717) is 5.95 Å². The Morgan fingerprint density at radius 1 is 1.26 bits per heavy atom. The summed E-state index contributed by atoms with van der Waals surface area (Å²) in [5, 5.41) is 0. The predicted molar refractivity (Wildman–Crippen MR) is 75.3 cm³/mol. The first kappa shape index (κ1) is 13.8. The maximum Gasteiger partial charge on any atom is 0.322 e. The van der Waals surface area contributed by atoms with Crippen molar-refractivity contribution >= 4 is 11.9 Å². The van der Waals surface area contributed by atoms with E-state index >= 15 is 0 Å². The fourth-order valence-electron chi connectivity index (χ4n) is 2.66. The topological polar surface area (TPSA) is 77.2 Å². The number of hydrogen-bond donors (Lipinski definition) is 1. The minimum absolute atomic E-state index is 0.219. The Bertz CT molecular complexity index is 412. The van der Waals surface area contributed by atoms with Crippen LogP contribution in [-0.4, -0.2) is 35.2 Å². The molecule has 1 aromatic rings. The summed E-state index contributed by atoms with van der Waals surface area (Å²) in [6.45, 7) is 4.21. The lowest BCUT2D eigenvalue weighted by Gasteiger charge is -2.20. The van der Waals surface area contributed by atoms with Crippen LogP contribution in [0.5, 0.6) is 6.01 Å². The summed E-state index contributed by atoms with van der Waals surface area (Å²) in [7, 11) is 1.54. The Kier molecular flexibility index (Phi) is 4.76. The second-order valence-corrected chi connectivity index (χ2v) is 5.05. The van der Waals surface area contributed by atoms with E-state index in [1.807, 2.05) is 0 Å². The summed E-state index contributed by atoms with van der Waals surface area (Å²) in [6.07, 6.45) is 6.25. The Morgan fingerprint density at radius 3 is 2.84 bits per heavy atom. The highest BCUT2D eigenvalue weighted by Crippen LogP contribution is 2.24. The van der Waals surface area contributed by atoms with Crippen LogP contribution in [-0.2, 0) is 0 Å². The zero-order valence-corrected chi connectivity index (χ0v) is 11.8. The summed E-state index contributed by atoms with van der Waals surface area (Å²) in [6, 6.07) is 0.289. The molecule has 1 atom stereocenters. The highest BCUT2D eigenvalue weighted by atomic mass is 16.5. The lowest BCUT2D eigenvalue weighted by molar-refractivity contribution is 0.379. The van der Waals surface area contributed by atoms with Gasteiger partial charge in [-0.3, -0.25) is 0 Å². The number of anilines is 2. The van der Waals surface area contributed by atoms with Crippen LogP contribution >= 0.6 is 0 Å². The fraction of sp³-hybridized carbons (Fsp3) is 0.769. The third-order valence-corrected chi connectivity index (χ3v) is 3.63. The molecule has 0 saturated carbocycles. The first-order valence-electron chi connectivity index (χ1n) is 7.03. The van der Waals surface area contributed by atoms with Gasteiger partial charge in [0.1, 0.15) is 0 Å². The van der Waals surface area contributed by atoms with Gasteiger partial charge in [-0.2, -0.15) is 15.0 Å². The second kappa shape index (κ2) is 6.54. The molecule has 0 aromatic carbocycles. The van der Waals surface area contributed by atoms with Crippen molar-refractivity contribution in [1.29, 1.82) is 0 Å². The van der Waals surface area contributed by atoms with E-state index in [1.54, 1.807) is 0 Å². The average Bonchev–Trinajstić information content (AvgIpc) is 2.64. The number of rotatable bonds is 4. The smallest absolute Gasteiger partial charge is 0.322 e. The van der Waals surface area contributed by atoms with Gasteiger partial charge in [0.2, 0.25) is 11.9 Å². The molecule has 6 heteroatoms. The van der Waals surface area contributed by atoms with Crippen LogP contribution in [0.1, 0.15) is 39.0 Å². The van der Waals surface area contributed by atoms with Gasteiger partial charge in [0.15, 0.2) is 0 Å². The van der Waals surface area contributed by atoms with Gasteiger partial charge >= 0.3 is 6.01 Å². The van der Waals surface area contributed by atoms with Crippen LogP contribution in [0.3, 0.4) is 0 Å². The third kappa shape index (κ3) is 3.68. The lowest BCUT2D eigenvalue weighted by Crippen LogP contribution is -2.27. The Balaban J connectivity index is 2.07. The van der Waals surface area contributed by atoms with Crippen LogP contribution in [0.25, 0.3) is 0 Å². The van der Waals surface area contributed by atoms with Gasteiger partial charge in [0, 0.05) is 13.1 Å². The number of nitrogen functional groups attached to an aromatic ring is 1. The zero-order chi connectivity index (χ0) is 13.7. The van der Waals surface area contributed by atoms with Gasteiger partial charge in [-0.25, -0.2) is 0 Å². The minimum Gasteiger partial charge on any atom is -0.467 e. The van der Waals surface area contributed by atoms with Crippen LogP contribution in [0, 0.1) is 5.92 Å². The number of ether oxygens (including phenoxy) is 1. The fourth-order valence-corrected chi connectivity index (χ4v) is 2.66. The summed E-state index contributed by atoms with van der Waals surface area (Å²) in [4.78, 5) is 14.6. The molecule has 2 heterocycles. The summed E-state index contributed by atoms with van der Waals surface area (Å²) >= 11 is 0. The number of methoxy groups -OCH3 is 1. The molecular formula is C13H23N5O. The van der Waals surface area contributed by atoms with E-state index in [4.69, 9.17) is 10.5 Å². The monoisotopic (exact) mass is 265 g/mol. The van der Waals surface area contributed by atoms with Crippen molar-refractivity contribution in [3.63, 3.8) is 0 Å². The van der Waals surface area contributed by atoms with Crippen molar-refractivity contribution in [1.82, 2.24) is 15.0 Å². The molecule has 0 aliphatic carbocycles. The van der Waals surface area contributed by atoms with E-state index in [-0.39, 0.29) is 12.0 Å². The summed E-state index contributed by atoms with van der Waals surface area (Å²) < 4.78 is 5.05. The Hall–Kier alpha value is -1.59. The zero-order valence-electron chi connectivity index (χ0n) is 11.8. The van der Waals surface area contributed by atoms with Crippen LogP contribution in [0.2, 0.25) is 0 Å². The van der Waals surface area contributed by atoms with Crippen LogP contribution < -0.4 is 15.4 Å². The van der Waals surface area contributed by atoms with E-state index in [2.05, 4.69) is 26.8 Å². The van der Waals surface area contributed by atoms with E-state index < -0.39 is 0 Å². The average molecular weight is 265 g/mol. The number of aromatic nitrogens is 3. The molecule has 0 bridgehead atoms. The van der Waals surface area contributed by atoms with E-state index in [1.165, 1.54) is 39.2 Å². The standard InChI is InChI=1S/C13H23N5O/c1-3-5-10-6-4-8-18(9-7-10)12-15-11(14)16-13(17-12)19-2/h10H,3-9H2,1-2H3,(H2,14,15,16,17). The van der Waals surface area contributed by atoms with Crippen molar-refractivity contribution in [2.24, 2.45) is 5.92 Å². The first-order chi connectivity index (χ1) is 9.22. The molecule has 0 amide bonds. The highest BCUT2D eigenvalue weighted by molar-refractivity contribution is 5.36. The minimum atomic E-state index is 0.219. The van der Waals surface area contributed by atoms with Crippen LogP contribution in [0.4, 0.5) is 11.9 Å². The van der Waals surface area contributed by atoms with Crippen molar-refractivity contribution in [2.75, 3.05) is 30.8 Å². The lowest BCUT2D eigenvalue weighted by atomic mass is 9.96. The number of nitrogens with zero attached hydrogens (tertiary/aromatic N) is 4. The quantitative estimate of drug-likeness (QED) is 0.895. The second-order valence-electron chi connectivity index (χ2n) is 5.05. The van der Waals surface area contributed by atoms with Gasteiger partial charge in [-0.15, -0.1) is 0 Å².